The molecule has 1 amide bonds. The minimum Gasteiger partial charge on any atom is -0.463 e. The molecule has 0 saturated heterocycles. The second-order valence-electron chi connectivity index (χ2n) is 5.86. The van der Waals surface area contributed by atoms with Crippen LogP contribution < -0.4 is 5.32 Å². The number of hydrogen-bond acceptors (Lipinski definition) is 5. The fourth-order valence-electron chi connectivity index (χ4n) is 2.23. The smallest absolute Gasteiger partial charge is 0.352 e. The predicted molar refractivity (Wildman–Crippen MR) is 89.0 cm³/mol. The summed E-state index contributed by atoms with van der Waals surface area (Å²) in [7, 11) is 0. The quantitative estimate of drug-likeness (QED) is 0.738. The van der Waals surface area contributed by atoms with Gasteiger partial charge in [-0.15, -0.1) is 0 Å². The zero-order valence-corrected chi connectivity index (χ0v) is 14.6. The molecule has 6 nitrogen and oxygen atoms in total. The minimum atomic E-state index is -1.15. The normalized spacial score (nSPS) is 13.0. The molecule has 0 fully saturated rings. The Hall–Kier alpha value is -2.37. The van der Waals surface area contributed by atoms with E-state index in [1.165, 1.54) is 6.92 Å². The highest BCUT2D eigenvalue weighted by atomic mass is 16.6. The number of benzene rings is 1. The third-order valence-electron chi connectivity index (χ3n) is 3.21. The first kappa shape index (κ1) is 19.7. The van der Waals surface area contributed by atoms with Crippen LogP contribution in [-0.4, -0.2) is 30.5 Å². The molecule has 0 unspecified atom stereocenters. The van der Waals surface area contributed by atoms with Crippen LogP contribution in [0.3, 0.4) is 0 Å². The Morgan fingerprint density at radius 2 is 1.71 bits per heavy atom. The van der Waals surface area contributed by atoms with Crippen LogP contribution in [0.2, 0.25) is 0 Å². The maximum absolute atomic E-state index is 12.5. The van der Waals surface area contributed by atoms with Gasteiger partial charge in [-0.2, -0.15) is 0 Å². The molecule has 0 aliphatic rings. The summed E-state index contributed by atoms with van der Waals surface area (Å²) in [4.78, 5) is 35.9. The first-order valence-electron chi connectivity index (χ1n) is 8.04. The molecular weight excluding hydrogens is 310 g/mol. The Kier molecular flexibility index (Phi) is 7.95. The van der Waals surface area contributed by atoms with Crippen LogP contribution >= 0.6 is 0 Å². The van der Waals surface area contributed by atoms with E-state index in [1.54, 1.807) is 37.3 Å². The molecule has 0 bridgehead atoms. The van der Waals surface area contributed by atoms with E-state index < -0.39 is 24.1 Å². The molecular formula is C18H25NO5. The number of rotatable bonds is 8. The second-order valence-corrected chi connectivity index (χ2v) is 5.86. The summed E-state index contributed by atoms with van der Waals surface area (Å²) in [5.41, 5.74) is 0.524. The number of hydrogen-bond donors (Lipinski definition) is 1. The highest BCUT2D eigenvalue weighted by molar-refractivity contribution is 5.86. The monoisotopic (exact) mass is 335 g/mol. The van der Waals surface area contributed by atoms with Crippen molar-refractivity contribution < 1.29 is 23.9 Å². The van der Waals surface area contributed by atoms with Gasteiger partial charge in [-0.05, 0) is 19.3 Å². The lowest BCUT2D eigenvalue weighted by Gasteiger charge is -2.22. The Bertz CT molecular complexity index is 556. The lowest BCUT2D eigenvalue weighted by Crippen LogP contribution is -2.42. The third kappa shape index (κ3) is 6.40. The van der Waals surface area contributed by atoms with E-state index in [0.29, 0.717) is 12.0 Å². The van der Waals surface area contributed by atoms with E-state index in [2.05, 4.69) is 5.32 Å². The molecule has 0 aromatic heterocycles. The number of carbonyl (C=O) groups is 3. The van der Waals surface area contributed by atoms with Gasteiger partial charge in [0.2, 0.25) is 12.0 Å². The summed E-state index contributed by atoms with van der Waals surface area (Å²) in [6.45, 7) is 7.06. The summed E-state index contributed by atoms with van der Waals surface area (Å²) in [5, 5.41) is 2.57. The van der Waals surface area contributed by atoms with Crippen molar-refractivity contribution >= 4 is 17.8 Å². The van der Waals surface area contributed by atoms with Crippen LogP contribution in [0, 0.1) is 5.92 Å². The van der Waals surface area contributed by atoms with E-state index >= 15 is 0 Å². The van der Waals surface area contributed by atoms with Gasteiger partial charge in [-0.25, -0.2) is 9.59 Å². The first-order valence-corrected chi connectivity index (χ1v) is 8.04. The van der Waals surface area contributed by atoms with Crippen LogP contribution in [0.15, 0.2) is 30.3 Å². The summed E-state index contributed by atoms with van der Waals surface area (Å²) in [6, 6.07) is 7.86. The number of ether oxygens (including phenoxy) is 2. The van der Waals surface area contributed by atoms with Crippen molar-refractivity contribution in [3.8, 4) is 0 Å². The molecule has 1 aromatic carbocycles. The van der Waals surface area contributed by atoms with Crippen molar-refractivity contribution in [2.75, 3.05) is 6.61 Å². The number of esters is 2. The summed E-state index contributed by atoms with van der Waals surface area (Å²) < 4.78 is 10.4. The lowest BCUT2D eigenvalue weighted by molar-refractivity contribution is -0.170. The van der Waals surface area contributed by atoms with Crippen LogP contribution in [0.25, 0.3) is 0 Å². The number of carbonyl (C=O) groups excluding carboxylic acids is 3. The first-order chi connectivity index (χ1) is 11.3. The Morgan fingerprint density at radius 3 is 2.21 bits per heavy atom. The maximum Gasteiger partial charge on any atom is 0.352 e. The average molecular weight is 335 g/mol. The van der Waals surface area contributed by atoms with Crippen LogP contribution in [0.1, 0.15) is 45.8 Å². The fraction of sp³-hybridized carbons (Fsp3) is 0.500. The Labute approximate surface area is 142 Å². The fourth-order valence-corrected chi connectivity index (χ4v) is 2.23. The summed E-state index contributed by atoms with van der Waals surface area (Å²) >= 11 is 0. The standard InChI is InChI=1S/C18H25NO5/c1-5-23-18(22)16(14-9-7-6-8-10-14)24-17(21)15(11-12(2)3)19-13(4)20/h6-10,12,15-16H,5,11H2,1-4H3,(H,19,20)/t15-,16+/m1/s1. The minimum absolute atomic E-state index is 0.173. The van der Waals surface area contributed by atoms with Crippen LogP contribution in [0.4, 0.5) is 0 Å². The second kappa shape index (κ2) is 9.70. The van der Waals surface area contributed by atoms with Gasteiger partial charge in [0.05, 0.1) is 6.61 Å². The molecule has 0 saturated carbocycles. The van der Waals surface area contributed by atoms with E-state index in [-0.39, 0.29) is 18.4 Å². The van der Waals surface area contributed by atoms with E-state index in [9.17, 15) is 14.4 Å². The van der Waals surface area contributed by atoms with Crippen molar-refractivity contribution in [1.82, 2.24) is 5.32 Å². The van der Waals surface area contributed by atoms with Crippen molar-refractivity contribution in [1.29, 1.82) is 0 Å². The number of amides is 1. The van der Waals surface area contributed by atoms with Crippen molar-refractivity contribution in [2.45, 2.75) is 46.3 Å². The summed E-state index contributed by atoms with van der Waals surface area (Å²) in [5.74, 6) is -1.44. The molecule has 0 radical (unpaired) electrons. The molecule has 24 heavy (non-hydrogen) atoms. The zero-order chi connectivity index (χ0) is 18.1. The molecule has 0 spiro atoms. The zero-order valence-electron chi connectivity index (χ0n) is 14.6. The lowest BCUT2D eigenvalue weighted by atomic mass is 10.0. The highest BCUT2D eigenvalue weighted by Crippen LogP contribution is 2.21. The van der Waals surface area contributed by atoms with Gasteiger partial charge in [-0.1, -0.05) is 44.2 Å². The van der Waals surface area contributed by atoms with Gasteiger partial charge < -0.3 is 14.8 Å². The van der Waals surface area contributed by atoms with E-state index in [4.69, 9.17) is 9.47 Å². The molecule has 132 valence electrons. The van der Waals surface area contributed by atoms with E-state index in [1.807, 2.05) is 13.8 Å². The van der Waals surface area contributed by atoms with Crippen molar-refractivity contribution in [2.24, 2.45) is 5.92 Å². The maximum atomic E-state index is 12.5. The van der Waals surface area contributed by atoms with Crippen molar-refractivity contribution in [3.05, 3.63) is 35.9 Å². The van der Waals surface area contributed by atoms with Gasteiger partial charge in [0.15, 0.2) is 0 Å². The van der Waals surface area contributed by atoms with Gasteiger partial charge in [0.25, 0.3) is 0 Å². The number of nitrogens with one attached hydrogen (secondary N) is 1. The molecule has 0 aliphatic carbocycles. The Morgan fingerprint density at radius 1 is 1.08 bits per heavy atom. The average Bonchev–Trinajstić information content (AvgIpc) is 2.51. The van der Waals surface area contributed by atoms with Gasteiger partial charge >= 0.3 is 11.9 Å². The van der Waals surface area contributed by atoms with Gasteiger partial charge in [0.1, 0.15) is 6.04 Å². The highest BCUT2D eigenvalue weighted by Gasteiger charge is 2.30. The predicted octanol–water partition coefficient (Wildman–Crippen LogP) is 2.38. The Balaban J connectivity index is 2.96. The largest absolute Gasteiger partial charge is 0.463 e. The third-order valence-corrected chi connectivity index (χ3v) is 3.21. The molecule has 1 aromatic rings. The molecule has 0 heterocycles. The summed E-state index contributed by atoms with van der Waals surface area (Å²) in [6.07, 6.45) is -0.731. The topological polar surface area (TPSA) is 81.7 Å². The molecule has 6 heteroatoms. The molecule has 2 atom stereocenters. The molecule has 1 N–H and O–H groups in total. The SMILES string of the molecule is CCOC(=O)[C@@H](OC(=O)[C@@H](CC(C)C)NC(C)=O)c1ccccc1. The van der Waals surface area contributed by atoms with Crippen molar-refractivity contribution in [3.63, 3.8) is 0 Å². The van der Waals surface area contributed by atoms with Gasteiger partial charge in [-0.3, -0.25) is 4.79 Å². The van der Waals surface area contributed by atoms with Crippen LogP contribution in [-0.2, 0) is 23.9 Å². The molecule has 1 rings (SSSR count). The van der Waals surface area contributed by atoms with E-state index in [0.717, 1.165) is 0 Å². The molecule has 0 aliphatic heterocycles. The van der Waals surface area contributed by atoms with Crippen LogP contribution in [0.5, 0.6) is 0 Å². The van der Waals surface area contributed by atoms with Gasteiger partial charge in [0, 0.05) is 12.5 Å².